The molecule has 2 heterocycles. The number of nitrogens with one attached hydrogen (secondary N) is 1. The molecule has 1 atom stereocenters. The smallest absolute Gasteiger partial charge is 0.123 e. The van der Waals surface area contributed by atoms with Gasteiger partial charge >= 0.3 is 0 Å². The largest absolute Gasteiger partial charge is 0.314 e. The van der Waals surface area contributed by atoms with Crippen molar-refractivity contribution in [2.45, 2.75) is 6.04 Å². The first-order valence-corrected chi connectivity index (χ1v) is 7.51. The summed E-state index contributed by atoms with van der Waals surface area (Å²) < 4.78 is 13.5. The van der Waals surface area contributed by atoms with E-state index in [9.17, 15) is 4.39 Å². The molecule has 0 spiro atoms. The Balaban J connectivity index is 0.00000147. The SMILES string of the molecule is Cl.Fc1cccc([C@@H](c2ccsc2)N2CCNCC2)c1. The second kappa shape index (κ2) is 7.18. The highest BCUT2D eigenvalue weighted by molar-refractivity contribution is 7.08. The Morgan fingerprint density at radius 2 is 1.95 bits per heavy atom. The van der Waals surface area contributed by atoms with Crippen LogP contribution < -0.4 is 5.32 Å². The minimum absolute atomic E-state index is 0. The molecule has 20 heavy (non-hydrogen) atoms. The van der Waals surface area contributed by atoms with Gasteiger partial charge in [-0.1, -0.05) is 12.1 Å². The zero-order valence-corrected chi connectivity index (χ0v) is 12.7. The predicted octanol–water partition coefficient (Wildman–Crippen LogP) is 3.30. The van der Waals surface area contributed by atoms with E-state index in [0.29, 0.717) is 0 Å². The van der Waals surface area contributed by atoms with Crippen molar-refractivity contribution in [2.75, 3.05) is 26.2 Å². The van der Waals surface area contributed by atoms with E-state index in [2.05, 4.69) is 27.0 Å². The van der Waals surface area contributed by atoms with Crippen LogP contribution in [0, 0.1) is 5.82 Å². The van der Waals surface area contributed by atoms with Gasteiger partial charge in [0.15, 0.2) is 0 Å². The van der Waals surface area contributed by atoms with Gasteiger partial charge in [-0.15, -0.1) is 12.4 Å². The summed E-state index contributed by atoms with van der Waals surface area (Å²) in [5.74, 6) is -0.159. The summed E-state index contributed by atoms with van der Waals surface area (Å²) in [6, 6.07) is 9.29. The van der Waals surface area contributed by atoms with E-state index < -0.39 is 0 Å². The molecule has 5 heteroatoms. The molecule has 1 saturated heterocycles. The summed E-state index contributed by atoms with van der Waals surface area (Å²) in [5.41, 5.74) is 2.30. The molecule has 1 aliphatic heterocycles. The van der Waals surface area contributed by atoms with Crippen molar-refractivity contribution in [3.05, 3.63) is 58.0 Å². The lowest BCUT2D eigenvalue weighted by Gasteiger charge is -2.35. The van der Waals surface area contributed by atoms with Gasteiger partial charge in [0.05, 0.1) is 6.04 Å². The molecule has 1 N–H and O–H groups in total. The average Bonchev–Trinajstić information content (AvgIpc) is 2.94. The lowest BCUT2D eigenvalue weighted by Crippen LogP contribution is -2.45. The first-order chi connectivity index (χ1) is 9.34. The van der Waals surface area contributed by atoms with E-state index in [4.69, 9.17) is 0 Å². The fraction of sp³-hybridized carbons (Fsp3) is 0.333. The minimum Gasteiger partial charge on any atom is -0.314 e. The van der Waals surface area contributed by atoms with E-state index in [1.807, 2.05) is 6.07 Å². The number of hydrogen-bond acceptors (Lipinski definition) is 3. The van der Waals surface area contributed by atoms with Crippen molar-refractivity contribution in [3.8, 4) is 0 Å². The van der Waals surface area contributed by atoms with Crippen LogP contribution in [0.3, 0.4) is 0 Å². The molecular weight excluding hydrogens is 295 g/mol. The molecule has 2 nitrogen and oxygen atoms in total. The van der Waals surface area contributed by atoms with Gasteiger partial charge < -0.3 is 5.32 Å². The maximum atomic E-state index is 13.5. The van der Waals surface area contributed by atoms with Gasteiger partial charge in [-0.25, -0.2) is 4.39 Å². The van der Waals surface area contributed by atoms with Crippen LogP contribution in [0.2, 0.25) is 0 Å². The van der Waals surface area contributed by atoms with Crippen molar-refractivity contribution in [3.63, 3.8) is 0 Å². The van der Waals surface area contributed by atoms with Crippen LogP contribution in [0.1, 0.15) is 17.2 Å². The fourth-order valence-electron chi connectivity index (χ4n) is 2.66. The molecule has 1 fully saturated rings. The Labute approximate surface area is 129 Å². The summed E-state index contributed by atoms with van der Waals surface area (Å²) >= 11 is 1.69. The van der Waals surface area contributed by atoms with Gasteiger partial charge in [0, 0.05) is 26.2 Å². The molecule has 1 aliphatic rings. The van der Waals surface area contributed by atoms with E-state index in [1.54, 1.807) is 23.5 Å². The highest BCUT2D eigenvalue weighted by Crippen LogP contribution is 2.30. The van der Waals surface area contributed by atoms with Gasteiger partial charge in [-0.05, 0) is 40.1 Å². The van der Waals surface area contributed by atoms with Crippen molar-refractivity contribution < 1.29 is 4.39 Å². The van der Waals surface area contributed by atoms with Crippen molar-refractivity contribution in [1.29, 1.82) is 0 Å². The lowest BCUT2D eigenvalue weighted by atomic mass is 9.99. The topological polar surface area (TPSA) is 15.3 Å². The first kappa shape index (κ1) is 15.4. The molecule has 0 saturated carbocycles. The molecule has 1 aromatic carbocycles. The third-order valence-electron chi connectivity index (χ3n) is 3.54. The molecule has 0 bridgehead atoms. The highest BCUT2D eigenvalue weighted by atomic mass is 35.5. The summed E-state index contributed by atoms with van der Waals surface area (Å²) in [5, 5.41) is 7.62. The predicted molar refractivity (Wildman–Crippen MR) is 84.3 cm³/mol. The number of nitrogens with zero attached hydrogens (tertiary/aromatic N) is 1. The minimum atomic E-state index is -0.159. The van der Waals surface area contributed by atoms with Crippen molar-refractivity contribution in [1.82, 2.24) is 10.2 Å². The third-order valence-corrected chi connectivity index (χ3v) is 4.24. The van der Waals surface area contributed by atoms with E-state index in [1.165, 1.54) is 11.6 Å². The number of rotatable bonds is 3. The van der Waals surface area contributed by atoms with Crippen molar-refractivity contribution in [2.24, 2.45) is 0 Å². The van der Waals surface area contributed by atoms with Gasteiger partial charge in [0.2, 0.25) is 0 Å². The number of hydrogen-bond donors (Lipinski definition) is 1. The van der Waals surface area contributed by atoms with Gasteiger partial charge in [0.1, 0.15) is 5.82 Å². The fourth-order valence-corrected chi connectivity index (χ4v) is 3.34. The molecule has 3 rings (SSSR count). The highest BCUT2D eigenvalue weighted by Gasteiger charge is 2.24. The van der Waals surface area contributed by atoms with Gasteiger partial charge in [-0.2, -0.15) is 11.3 Å². The Hall–Kier alpha value is -0.940. The molecule has 0 unspecified atom stereocenters. The van der Waals surface area contributed by atoms with Crippen LogP contribution in [-0.4, -0.2) is 31.1 Å². The lowest BCUT2D eigenvalue weighted by molar-refractivity contribution is 0.198. The van der Waals surface area contributed by atoms with E-state index in [0.717, 1.165) is 31.7 Å². The second-order valence-corrected chi connectivity index (χ2v) is 5.58. The Morgan fingerprint density at radius 1 is 1.15 bits per heavy atom. The van der Waals surface area contributed by atoms with E-state index >= 15 is 0 Å². The summed E-state index contributed by atoms with van der Waals surface area (Å²) in [4.78, 5) is 2.42. The first-order valence-electron chi connectivity index (χ1n) is 6.57. The van der Waals surface area contributed by atoms with Crippen LogP contribution in [0.4, 0.5) is 4.39 Å². The molecule has 2 aromatic rings. The molecule has 0 radical (unpaired) electrons. The molecule has 108 valence electrons. The number of benzene rings is 1. The standard InChI is InChI=1S/C15H17FN2S.ClH/c16-14-3-1-2-12(10-14)15(13-4-9-19-11-13)18-7-5-17-6-8-18;/h1-4,9-11,15,17H,5-8H2;1H/t15-;/m0./s1. The normalized spacial score (nSPS) is 17.4. The maximum absolute atomic E-state index is 13.5. The maximum Gasteiger partial charge on any atom is 0.123 e. The Bertz CT molecular complexity index is 526. The molecule has 0 aliphatic carbocycles. The number of thiophene rings is 1. The second-order valence-electron chi connectivity index (χ2n) is 4.80. The monoisotopic (exact) mass is 312 g/mol. The Kier molecular flexibility index (Phi) is 5.54. The zero-order chi connectivity index (χ0) is 13.1. The van der Waals surface area contributed by atoms with Gasteiger partial charge in [0.25, 0.3) is 0 Å². The number of piperazine rings is 1. The van der Waals surface area contributed by atoms with Gasteiger partial charge in [-0.3, -0.25) is 4.90 Å². The number of halogens is 2. The van der Waals surface area contributed by atoms with Crippen LogP contribution in [-0.2, 0) is 0 Å². The van der Waals surface area contributed by atoms with E-state index in [-0.39, 0.29) is 24.3 Å². The summed E-state index contributed by atoms with van der Waals surface area (Å²) in [6.45, 7) is 3.99. The molecule has 0 amide bonds. The molecule has 1 aromatic heterocycles. The summed E-state index contributed by atoms with van der Waals surface area (Å²) in [6.07, 6.45) is 0. The average molecular weight is 313 g/mol. The van der Waals surface area contributed by atoms with Crippen LogP contribution >= 0.6 is 23.7 Å². The quantitative estimate of drug-likeness (QED) is 0.935. The van der Waals surface area contributed by atoms with Crippen LogP contribution in [0.15, 0.2) is 41.1 Å². The zero-order valence-electron chi connectivity index (χ0n) is 11.1. The third kappa shape index (κ3) is 3.38. The Morgan fingerprint density at radius 3 is 2.60 bits per heavy atom. The molecular formula is C15H18ClFN2S. The van der Waals surface area contributed by atoms with Crippen molar-refractivity contribution >= 4 is 23.7 Å². The van der Waals surface area contributed by atoms with Crippen LogP contribution in [0.5, 0.6) is 0 Å². The van der Waals surface area contributed by atoms with Crippen LogP contribution in [0.25, 0.3) is 0 Å². The summed E-state index contributed by atoms with van der Waals surface area (Å²) in [7, 11) is 0.